The van der Waals surface area contributed by atoms with Gasteiger partial charge < -0.3 is 19.6 Å². The van der Waals surface area contributed by atoms with Crippen LogP contribution in [-0.2, 0) is 9.59 Å². The van der Waals surface area contributed by atoms with Crippen molar-refractivity contribution in [2.45, 2.75) is 38.2 Å². The molecule has 25 heavy (non-hydrogen) atoms. The average Bonchev–Trinajstić information content (AvgIpc) is 3.18. The van der Waals surface area contributed by atoms with E-state index >= 15 is 0 Å². The molecule has 0 bridgehead atoms. The topological polar surface area (TPSA) is 70.1 Å². The molecule has 2 aliphatic rings. The maximum absolute atomic E-state index is 12.4. The van der Waals surface area contributed by atoms with Gasteiger partial charge in [-0.2, -0.15) is 0 Å². The van der Waals surface area contributed by atoms with Gasteiger partial charge in [0.25, 0.3) is 0 Å². The standard InChI is InChI=1S/C19H26N2O4/c1-15-5-2-3-6-16(15)25-14-19(24)9-12-21(13-19)18(23)8-11-20-10-4-7-17(20)22/h2-3,5-6,24H,4,7-14H2,1H3/t19-/m1/s1. The lowest BCUT2D eigenvalue weighted by atomic mass is 10.1. The van der Waals surface area contributed by atoms with Crippen LogP contribution in [0, 0.1) is 6.92 Å². The number of hydrogen-bond donors (Lipinski definition) is 1. The summed E-state index contributed by atoms with van der Waals surface area (Å²) in [5.74, 6) is 0.886. The molecule has 6 nitrogen and oxygen atoms in total. The lowest BCUT2D eigenvalue weighted by Crippen LogP contribution is -2.41. The van der Waals surface area contributed by atoms with Crippen molar-refractivity contribution in [2.24, 2.45) is 0 Å². The number of likely N-dealkylation sites (tertiary alicyclic amines) is 2. The first-order valence-corrected chi connectivity index (χ1v) is 8.93. The summed E-state index contributed by atoms with van der Waals surface area (Å²) in [5, 5.41) is 10.7. The molecule has 136 valence electrons. The van der Waals surface area contributed by atoms with E-state index in [1.54, 1.807) is 9.80 Å². The highest BCUT2D eigenvalue weighted by molar-refractivity contribution is 5.80. The van der Waals surface area contributed by atoms with Gasteiger partial charge in [0.2, 0.25) is 11.8 Å². The van der Waals surface area contributed by atoms with Crippen molar-refractivity contribution >= 4 is 11.8 Å². The van der Waals surface area contributed by atoms with E-state index < -0.39 is 5.60 Å². The summed E-state index contributed by atoms with van der Waals surface area (Å²) >= 11 is 0. The molecule has 6 heteroatoms. The number of benzene rings is 1. The molecule has 0 radical (unpaired) electrons. The molecule has 1 aromatic carbocycles. The maximum atomic E-state index is 12.4. The third-order valence-corrected chi connectivity index (χ3v) is 5.04. The Morgan fingerprint density at radius 2 is 2.12 bits per heavy atom. The van der Waals surface area contributed by atoms with E-state index in [0.29, 0.717) is 32.4 Å². The Morgan fingerprint density at radius 3 is 2.84 bits per heavy atom. The summed E-state index contributed by atoms with van der Waals surface area (Å²) in [5.41, 5.74) is 0.00816. The van der Waals surface area contributed by atoms with E-state index in [1.807, 2.05) is 31.2 Å². The van der Waals surface area contributed by atoms with Gasteiger partial charge in [0.1, 0.15) is 18.0 Å². The minimum Gasteiger partial charge on any atom is -0.490 e. The second kappa shape index (κ2) is 7.44. The summed E-state index contributed by atoms with van der Waals surface area (Å²) in [6.07, 6.45) is 2.30. The van der Waals surface area contributed by atoms with Crippen LogP contribution in [0.4, 0.5) is 0 Å². The number of hydrogen-bond acceptors (Lipinski definition) is 4. The quantitative estimate of drug-likeness (QED) is 0.844. The minimum absolute atomic E-state index is 0.00785. The summed E-state index contributed by atoms with van der Waals surface area (Å²) in [7, 11) is 0. The van der Waals surface area contributed by atoms with Gasteiger partial charge in [-0.15, -0.1) is 0 Å². The Morgan fingerprint density at radius 1 is 1.32 bits per heavy atom. The monoisotopic (exact) mass is 346 g/mol. The molecule has 2 fully saturated rings. The molecule has 0 spiro atoms. The second-order valence-electron chi connectivity index (χ2n) is 7.08. The van der Waals surface area contributed by atoms with E-state index in [2.05, 4.69) is 0 Å². The summed E-state index contributed by atoms with van der Waals surface area (Å²) < 4.78 is 5.77. The van der Waals surface area contributed by atoms with Gasteiger partial charge in [-0.25, -0.2) is 0 Å². The highest BCUT2D eigenvalue weighted by Gasteiger charge is 2.39. The number of aryl methyl sites for hydroxylation is 1. The molecule has 2 saturated heterocycles. The van der Waals surface area contributed by atoms with Crippen LogP contribution in [0.1, 0.15) is 31.2 Å². The summed E-state index contributed by atoms with van der Waals surface area (Å²) in [6.45, 7) is 4.18. The van der Waals surface area contributed by atoms with Crippen LogP contribution in [0.15, 0.2) is 24.3 Å². The molecule has 2 heterocycles. The highest BCUT2D eigenvalue weighted by atomic mass is 16.5. The maximum Gasteiger partial charge on any atom is 0.224 e. The van der Waals surface area contributed by atoms with E-state index in [-0.39, 0.29) is 25.0 Å². The van der Waals surface area contributed by atoms with Crippen LogP contribution in [-0.4, -0.2) is 65.1 Å². The zero-order chi connectivity index (χ0) is 17.9. The first-order valence-electron chi connectivity index (χ1n) is 8.93. The van der Waals surface area contributed by atoms with Gasteiger partial charge in [0, 0.05) is 32.5 Å². The Kier molecular flexibility index (Phi) is 5.27. The third kappa shape index (κ3) is 4.31. The number of para-hydroxylation sites is 1. The van der Waals surface area contributed by atoms with Gasteiger partial charge in [-0.3, -0.25) is 9.59 Å². The molecule has 2 amide bonds. The largest absolute Gasteiger partial charge is 0.490 e. The van der Waals surface area contributed by atoms with Gasteiger partial charge in [-0.1, -0.05) is 18.2 Å². The van der Waals surface area contributed by atoms with Crippen LogP contribution >= 0.6 is 0 Å². The SMILES string of the molecule is Cc1ccccc1OC[C@@]1(O)CCN(C(=O)CCN2CCCC2=O)C1. The molecule has 0 unspecified atom stereocenters. The molecule has 1 aromatic rings. The predicted molar refractivity (Wildman–Crippen MR) is 93.3 cm³/mol. The van der Waals surface area contributed by atoms with Crippen molar-refractivity contribution in [3.8, 4) is 5.75 Å². The average molecular weight is 346 g/mol. The van der Waals surface area contributed by atoms with Crippen LogP contribution < -0.4 is 4.74 Å². The molecule has 2 aliphatic heterocycles. The zero-order valence-corrected chi connectivity index (χ0v) is 14.7. The first kappa shape index (κ1) is 17.7. The van der Waals surface area contributed by atoms with Crippen molar-refractivity contribution in [1.82, 2.24) is 9.80 Å². The van der Waals surface area contributed by atoms with E-state index in [9.17, 15) is 14.7 Å². The first-order chi connectivity index (χ1) is 12.0. The normalized spacial score (nSPS) is 23.4. The second-order valence-corrected chi connectivity index (χ2v) is 7.08. The fourth-order valence-electron chi connectivity index (χ4n) is 3.45. The number of carbonyl (C=O) groups excluding carboxylic acids is 2. The van der Waals surface area contributed by atoms with Gasteiger partial charge >= 0.3 is 0 Å². The van der Waals surface area contributed by atoms with Crippen molar-refractivity contribution in [3.05, 3.63) is 29.8 Å². The van der Waals surface area contributed by atoms with Gasteiger partial charge in [-0.05, 0) is 31.4 Å². The number of ether oxygens (including phenoxy) is 1. The molecule has 0 saturated carbocycles. The number of carbonyl (C=O) groups is 2. The van der Waals surface area contributed by atoms with Crippen molar-refractivity contribution < 1.29 is 19.4 Å². The Hall–Kier alpha value is -2.08. The minimum atomic E-state index is -1.01. The molecule has 1 atom stereocenters. The number of β-amino-alcohol motifs (C(OH)–C–C–N with tert-alkyl or cyclic N) is 1. The lowest BCUT2D eigenvalue weighted by molar-refractivity contribution is -0.133. The Bertz CT molecular complexity index is 648. The van der Waals surface area contributed by atoms with E-state index in [4.69, 9.17) is 4.74 Å². The molecule has 3 rings (SSSR count). The van der Waals surface area contributed by atoms with Crippen LogP contribution in [0.25, 0.3) is 0 Å². The molecule has 1 N–H and O–H groups in total. The molecule has 0 aliphatic carbocycles. The number of nitrogens with zero attached hydrogens (tertiary/aromatic N) is 2. The third-order valence-electron chi connectivity index (χ3n) is 5.04. The number of amides is 2. The zero-order valence-electron chi connectivity index (χ0n) is 14.7. The molecule has 0 aromatic heterocycles. The predicted octanol–water partition coefficient (Wildman–Crippen LogP) is 1.35. The van der Waals surface area contributed by atoms with Gasteiger partial charge in [0.15, 0.2) is 0 Å². The molecular formula is C19H26N2O4. The number of rotatable bonds is 6. The summed E-state index contributed by atoms with van der Waals surface area (Å²) in [4.78, 5) is 27.4. The fraction of sp³-hybridized carbons (Fsp3) is 0.579. The van der Waals surface area contributed by atoms with E-state index in [0.717, 1.165) is 24.3 Å². The van der Waals surface area contributed by atoms with Crippen LogP contribution in [0.2, 0.25) is 0 Å². The Labute approximate surface area is 148 Å². The smallest absolute Gasteiger partial charge is 0.224 e. The fourth-order valence-corrected chi connectivity index (χ4v) is 3.45. The summed E-state index contributed by atoms with van der Waals surface area (Å²) in [6, 6.07) is 7.68. The van der Waals surface area contributed by atoms with Crippen molar-refractivity contribution in [2.75, 3.05) is 32.8 Å². The van der Waals surface area contributed by atoms with Crippen LogP contribution in [0.3, 0.4) is 0 Å². The Balaban J connectivity index is 1.47. The molecular weight excluding hydrogens is 320 g/mol. The number of aliphatic hydroxyl groups is 1. The lowest BCUT2D eigenvalue weighted by Gasteiger charge is -2.24. The van der Waals surface area contributed by atoms with Crippen molar-refractivity contribution in [1.29, 1.82) is 0 Å². The van der Waals surface area contributed by atoms with E-state index in [1.165, 1.54) is 0 Å². The van der Waals surface area contributed by atoms with Gasteiger partial charge in [0.05, 0.1) is 6.54 Å². The highest BCUT2D eigenvalue weighted by Crippen LogP contribution is 2.25. The van der Waals surface area contributed by atoms with Crippen LogP contribution in [0.5, 0.6) is 5.75 Å². The van der Waals surface area contributed by atoms with Crippen molar-refractivity contribution in [3.63, 3.8) is 0 Å².